The summed E-state index contributed by atoms with van der Waals surface area (Å²) in [5, 5.41) is 11.8. The van der Waals surface area contributed by atoms with E-state index in [-0.39, 0.29) is 12.3 Å². The average molecular weight is 414 g/mol. The van der Waals surface area contributed by atoms with Crippen LogP contribution < -0.4 is 10.1 Å². The summed E-state index contributed by atoms with van der Waals surface area (Å²) in [6.07, 6.45) is -0.750. The Balaban J connectivity index is 2.63. The van der Waals surface area contributed by atoms with Crippen LogP contribution in [-0.2, 0) is 27.3 Å². The highest BCUT2D eigenvalue weighted by atomic mass is 16.5. The van der Waals surface area contributed by atoms with Crippen LogP contribution in [-0.4, -0.2) is 48.7 Å². The fraction of sp³-hybridized carbons (Fsp3) is 0.318. The topological polar surface area (TPSA) is 105 Å². The van der Waals surface area contributed by atoms with Gasteiger partial charge < -0.3 is 19.5 Å². The first-order chi connectivity index (χ1) is 14.3. The van der Waals surface area contributed by atoms with E-state index in [2.05, 4.69) is 10.1 Å². The van der Waals surface area contributed by atoms with E-state index in [1.165, 1.54) is 21.1 Å². The van der Waals surface area contributed by atoms with Gasteiger partial charge in [0.25, 0.3) is 0 Å². The number of carbonyl (C=O) groups excluding carboxylic acids is 2. The lowest BCUT2D eigenvalue weighted by Gasteiger charge is -2.22. The quantitative estimate of drug-likeness (QED) is 0.685. The molecule has 0 aliphatic rings. The van der Waals surface area contributed by atoms with Gasteiger partial charge in [0, 0.05) is 31.3 Å². The zero-order valence-corrected chi connectivity index (χ0v) is 17.5. The maximum Gasteiger partial charge on any atom is 0.411 e. The van der Waals surface area contributed by atoms with Gasteiger partial charge >= 0.3 is 12.1 Å². The van der Waals surface area contributed by atoms with Gasteiger partial charge in [-0.2, -0.15) is 0 Å². The number of anilines is 1. The van der Waals surface area contributed by atoms with Crippen LogP contribution in [0.1, 0.15) is 25.0 Å². The van der Waals surface area contributed by atoms with E-state index in [1.807, 2.05) is 13.0 Å². The van der Waals surface area contributed by atoms with Crippen LogP contribution in [0.4, 0.5) is 10.5 Å². The lowest BCUT2D eigenvalue weighted by molar-refractivity contribution is -0.136. The average Bonchev–Trinajstić information content (AvgIpc) is 2.71. The summed E-state index contributed by atoms with van der Waals surface area (Å²) in [5.41, 5.74) is 3.31. The molecule has 0 atom stereocenters. The summed E-state index contributed by atoms with van der Waals surface area (Å²) in [6.45, 7) is 4.28. The zero-order valence-electron chi connectivity index (χ0n) is 17.5. The van der Waals surface area contributed by atoms with E-state index in [0.717, 1.165) is 5.56 Å². The second-order valence-corrected chi connectivity index (χ2v) is 6.63. The molecule has 2 rings (SSSR count). The first kappa shape index (κ1) is 22.7. The lowest BCUT2D eigenvalue weighted by atomic mass is 9.95. The van der Waals surface area contributed by atoms with Crippen LogP contribution >= 0.6 is 0 Å². The smallest absolute Gasteiger partial charge is 0.411 e. The van der Waals surface area contributed by atoms with Crippen molar-refractivity contribution in [1.82, 2.24) is 4.90 Å². The Labute approximate surface area is 175 Å². The fourth-order valence-corrected chi connectivity index (χ4v) is 3.11. The van der Waals surface area contributed by atoms with E-state index in [4.69, 9.17) is 9.84 Å². The van der Waals surface area contributed by atoms with Gasteiger partial charge in [-0.15, -0.1) is 0 Å². The van der Waals surface area contributed by atoms with E-state index >= 15 is 0 Å². The van der Waals surface area contributed by atoms with Gasteiger partial charge in [-0.1, -0.05) is 12.1 Å². The SMILES string of the molecule is CCN(Cc1ccc(NC(=O)OC)cc1-c1cc(CC(=O)O)ccc1OC)C(C)=O. The van der Waals surface area contributed by atoms with Crippen LogP contribution in [0.15, 0.2) is 36.4 Å². The van der Waals surface area contributed by atoms with Gasteiger partial charge in [0.15, 0.2) is 0 Å². The minimum Gasteiger partial charge on any atom is -0.496 e. The second-order valence-electron chi connectivity index (χ2n) is 6.63. The van der Waals surface area contributed by atoms with Crippen molar-refractivity contribution in [2.24, 2.45) is 0 Å². The van der Waals surface area contributed by atoms with E-state index in [9.17, 15) is 14.4 Å². The number of carboxylic acid groups (broad SMARTS) is 1. The van der Waals surface area contributed by atoms with Gasteiger partial charge in [-0.05, 0) is 47.9 Å². The molecule has 0 unspecified atom stereocenters. The molecule has 0 saturated heterocycles. The van der Waals surface area contributed by atoms with Crippen molar-refractivity contribution >= 4 is 23.7 Å². The number of amides is 2. The number of carbonyl (C=O) groups is 3. The zero-order chi connectivity index (χ0) is 22.3. The first-order valence-electron chi connectivity index (χ1n) is 9.41. The van der Waals surface area contributed by atoms with Crippen LogP contribution in [0.2, 0.25) is 0 Å². The number of hydrogen-bond donors (Lipinski definition) is 2. The molecule has 8 nitrogen and oxygen atoms in total. The third-order valence-corrected chi connectivity index (χ3v) is 4.64. The van der Waals surface area contributed by atoms with E-state index in [1.54, 1.807) is 35.2 Å². The molecular weight excluding hydrogens is 388 g/mol. The summed E-state index contributed by atoms with van der Waals surface area (Å²) >= 11 is 0. The molecule has 0 radical (unpaired) electrons. The van der Waals surface area contributed by atoms with Crippen LogP contribution in [0.3, 0.4) is 0 Å². The Bertz CT molecular complexity index is 941. The third-order valence-electron chi connectivity index (χ3n) is 4.64. The minimum atomic E-state index is -0.943. The first-order valence-corrected chi connectivity index (χ1v) is 9.41. The van der Waals surface area contributed by atoms with Crippen molar-refractivity contribution in [2.75, 3.05) is 26.1 Å². The summed E-state index contributed by atoms with van der Waals surface area (Å²) in [4.78, 5) is 36.4. The normalized spacial score (nSPS) is 10.3. The number of benzene rings is 2. The van der Waals surface area contributed by atoms with Crippen LogP contribution in [0.25, 0.3) is 11.1 Å². The summed E-state index contributed by atoms with van der Waals surface area (Å²) in [6, 6.07) is 10.4. The standard InChI is InChI=1S/C22H26N2O6/c1-5-24(14(2)25)13-16-7-8-17(23-22(28)30-4)12-18(16)19-10-15(11-21(26)27)6-9-20(19)29-3/h6-10,12H,5,11,13H2,1-4H3,(H,23,28)(H,26,27). The van der Waals surface area contributed by atoms with Crippen molar-refractivity contribution in [3.05, 3.63) is 47.5 Å². The molecule has 2 aromatic carbocycles. The van der Waals surface area contributed by atoms with Gasteiger partial charge in [-0.3, -0.25) is 14.9 Å². The highest BCUT2D eigenvalue weighted by molar-refractivity contribution is 5.87. The number of rotatable bonds is 8. The number of nitrogens with one attached hydrogen (secondary N) is 1. The minimum absolute atomic E-state index is 0.0631. The number of methoxy groups -OCH3 is 2. The lowest BCUT2D eigenvalue weighted by Crippen LogP contribution is -2.28. The molecular formula is C22H26N2O6. The maximum absolute atomic E-state index is 11.9. The van der Waals surface area contributed by atoms with E-state index < -0.39 is 12.1 Å². The molecule has 0 saturated carbocycles. The van der Waals surface area contributed by atoms with Crippen LogP contribution in [0.5, 0.6) is 5.75 Å². The molecule has 2 aromatic rings. The summed E-state index contributed by atoms with van der Waals surface area (Å²) in [7, 11) is 2.80. The molecule has 0 heterocycles. The largest absolute Gasteiger partial charge is 0.496 e. The fourth-order valence-electron chi connectivity index (χ4n) is 3.11. The van der Waals surface area contributed by atoms with Crippen molar-refractivity contribution < 1.29 is 29.0 Å². The molecule has 0 fully saturated rings. The highest BCUT2D eigenvalue weighted by Gasteiger charge is 2.17. The van der Waals surface area contributed by atoms with Crippen molar-refractivity contribution in [3.63, 3.8) is 0 Å². The molecule has 0 aliphatic heterocycles. The number of nitrogens with zero attached hydrogens (tertiary/aromatic N) is 1. The highest BCUT2D eigenvalue weighted by Crippen LogP contribution is 2.36. The molecule has 0 bridgehead atoms. The van der Waals surface area contributed by atoms with E-state index in [0.29, 0.717) is 41.2 Å². The monoisotopic (exact) mass is 414 g/mol. The molecule has 0 spiro atoms. The Kier molecular flexibility index (Phi) is 7.80. The molecule has 8 heteroatoms. The Hall–Kier alpha value is -3.55. The van der Waals surface area contributed by atoms with Crippen molar-refractivity contribution in [1.29, 1.82) is 0 Å². The Morgan fingerprint density at radius 2 is 1.80 bits per heavy atom. The molecule has 2 N–H and O–H groups in total. The van der Waals surface area contributed by atoms with Crippen LogP contribution in [0, 0.1) is 0 Å². The number of hydrogen-bond acceptors (Lipinski definition) is 5. The number of ether oxygens (including phenoxy) is 2. The van der Waals surface area contributed by atoms with Gasteiger partial charge in [0.05, 0.1) is 20.6 Å². The van der Waals surface area contributed by atoms with Gasteiger partial charge in [-0.25, -0.2) is 4.79 Å². The van der Waals surface area contributed by atoms with Crippen molar-refractivity contribution in [2.45, 2.75) is 26.8 Å². The second kappa shape index (κ2) is 10.3. The van der Waals surface area contributed by atoms with Crippen molar-refractivity contribution in [3.8, 4) is 16.9 Å². The van der Waals surface area contributed by atoms with Gasteiger partial charge in [0.2, 0.25) is 5.91 Å². The molecule has 0 aromatic heterocycles. The van der Waals surface area contributed by atoms with Gasteiger partial charge in [0.1, 0.15) is 5.75 Å². The number of aliphatic carboxylic acids is 1. The molecule has 2 amide bonds. The predicted molar refractivity (Wildman–Crippen MR) is 113 cm³/mol. The molecule has 160 valence electrons. The third kappa shape index (κ3) is 5.73. The predicted octanol–water partition coefficient (Wildman–Crippen LogP) is 3.54. The molecule has 0 aliphatic carbocycles. The summed E-state index contributed by atoms with van der Waals surface area (Å²) < 4.78 is 10.2. The molecule has 30 heavy (non-hydrogen) atoms. The Morgan fingerprint density at radius 1 is 1.07 bits per heavy atom. The summed E-state index contributed by atoms with van der Waals surface area (Å²) in [5.74, 6) is -0.459. The Morgan fingerprint density at radius 3 is 2.37 bits per heavy atom. The number of carboxylic acids is 1. The maximum atomic E-state index is 11.9.